The minimum absolute atomic E-state index is 0.0621. The summed E-state index contributed by atoms with van der Waals surface area (Å²) in [5.74, 6) is 1.79. The van der Waals surface area contributed by atoms with Crippen molar-refractivity contribution in [2.45, 2.75) is 20.4 Å². The first-order valence-electron chi connectivity index (χ1n) is 6.46. The van der Waals surface area contributed by atoms with Gasteiger partial charge in [0.15, 0.2) is 5.76 Å². The summed E-state index contributed by atoms with van der Waals surface area (Å²) in [5, 5.41) is 13.8. The molecule has 2 aromatic rings. The number of oxazole rings is 1. The van der Waals surface area contributed by atoms with Crippen LogP contribution in [-0.2, 0) is 6.54 Å². The summed E-state index contributed by atoms with van der Waals surface area (Å²) in [6.45, 7) is 5.73. The van der Waals surface area contributed by atoms with Gasteiger partial charge in [-0.1, -0.05) is 13.8 Å². The summed E-state index contributed by atoms with van der Waals surface area (Å²) >= 11 is 0. The van der Waals surface area contributed by atoms with Crippen LogP contribution in [0, 0.1) is 16.0 Å². The Morgan fingerprint density at radius 3 is 2.65 bits per heavy atom. The number of benzene rings is 1. The number of non-ortho nitro benzene ring substituents is 1. The van der Waals surface area contributed by atoms with Gasteiger partial charge >= 0.3 is 0 Å². The van der Waals surface area contributed by atoms with Crippen LogP contribution in [0.15, 0.2) is 34.9 Å². The first-order valence-corrected chi connectivity index (χ1v) is 6.46. The number of nitro benzene ring substituents is 1. The van der Waals surface area contributed by atoms with E-state index in [0.717, 1.165) is 12.1 Å². The zero-order valence-corrected chi connectivity index (χ0v) is 11.5. The van der Waals surface area contributed by atoms with Crippen LogP contribution in [0.2, 0.25) is 0 Å². The van der Waals surface area contributed by atoms with Gasteiger partial charge in [0.1, 0.15) is 0 Å². The molecule has 106 valence electrons. The van der Waals surface area contributed by atoms with Crippen LogP contribution >= 0.6 is 0 Å². The monoisotopic (exact) mass is 275 g/mol. The van der Waals surface area contributed by atoms with Gasteiger partial charge in [-0.05, 0) is 24.6 Å². The van der Waals surface area contributed by atoms with E-state index in [2.05, 4.69) is 24.1 Å². The van der Waals surface area contributed by atoms with Crippen LogP contribution in [0.4, 0.5) is 5.69 Å². The number of rotatable bonds is 6. The summed E-state index contributed by atoms with van der Waals surface area (Å²) < 4.78 is 5.61. The molecule has 0 saturated heterocycles. The number of hydrogen-bond donors (Lipinski definition) is 1. The maximum atomic E-state index is 10.6. The number of aromatic nitrogens is 1. The van der Waals surface area contributed by atoms with Crippen molar-refractivity contribution in [2.75, 3.05) is 6.54 Å². The molecule has 0 aliphatic heterocycles. The van der Waals surface area contributed by atoms with Crippen LogP contribution in [0.5, 0.6) is 0 Å². The van der Waals surface area contributed by atoms with Gasteiger partial charge in [-0.3, -0.25) is 10.1 Å². The Bertz CT molecular complexity index is 576. The van der Waals surface area contributed by atoms with Crippen LogP contribution in [0.1, 0.15) is 19.7 Å². The highest BCUT2D eigenvalue weighted by molar-refractivity contribution is 5.58. The predicted molar refractivity (Wildman–Crippen MR) is 75.1 cm³/mol. The molecule has 0 unspecified atom stereocenters. The lowest BCUT2D eigenvalue weighted by Gasteiger charge is -2.04. The first-order chi connectivity index (χ1) is 9.56. The highest BCUT2D eigenvalue weighted by Crippen LogP contribution is 2.23. The Morgan fingerprint density at radius 1 is 1.35 bits per heavy atom. The molecule has 1 aromatic carbocycles. The van der Waals surface area contributed by atoms with E-state index >= 15 is 0 Å². The van der Waals surface area contributed by atoms with Crippen molar-refractivity contribution in [1.29, 1.82) is 0 Å². The number of nitrogens with one attached hydrogen (secondary N) is 1. The van der Waals surface area contributed by atoms with E-state index in [9.17, 15) is 10.1 Å². The molecule has 0 fully saturated rings. The molecular formula is C14H17N3O3. The van der Waals surface area contributed by atoms with Crippen molar-refractivity contribution >= 4 is 5.69 Å². The Kier molecular flexibility index (Phi) is 4.47. The summed E-state index contributed by atoms with van der Waals surface area (Å²) in [7, 11) is 0. The summed E-state index contributed by atoms with van der Waals surface area (Å²) in [5.41, 5.74) is 0.838. The Morgan fingerprint density at radius 2 is 2.05 bits per heavy atom. The van der Waals surface area contributed by atoms with Gasteiger partial charge in [0.05, 0.1) is 17.7 Å². The summed E-state index contributed by atoms with van der Waals surface area (Å²) in [6, 6.07) is 6.22. The van der Waals surface area contributed by atoms with Gasteiger partial charge in [-0.25, -0.2) is 4.98 Å². The lowest BCUT2D eigenvalue weighted by atomic mass is 10.2. The summed E-state index contributed by atoms with van der Waals surface area (Å²) in [6.07, 6.45) is 1.63. The van der Waals surface area contributed by atoms with E-state index in [4.69, 9.17) is 4.42 Å². The van der Waals surface area contributed by atoms with Crippen molar-refractivity contribution in [2.24, 2.45) is 5.92 Å². The molecule has 2 rings (SSSR count). The second kappa shape index (κ2) is 6.29. The van der Waals surface area contributed by atoms with Crippen molar-refractivity contribution in [3.05, 3.63) is 46.5 Å². The van der Waals surface area contributed by atoms with Gasteiger partial charge in [-0.2, -0.15) is 0 Å². The van der Waals surface area contributed by atoms with Crippen molar-refractivity contribution in [3.8, 4) is 11.3 Å². The number of nitro groups is 1. The number of nitrogens with zero attached hydrogens (tertiary/aromatic N) is 2. The predicted octanol–water partition coefficient (Wildman–Crippen LogP) is 3.00. The molecule has 0 saturated carbocycles. The Hall–Kier alpha value is -2.21. The molecule has 6 nitrogen and oxygen atoms in total. The summed E-state index contributed by atoms with van der Waals surface area (Å²) in [4.78, 5) is 14.3. The van der Waals surface area contributed by atoms with Gasteiger partial charge in [0.2, 0.25) is 5.89 Å². The first kappa shape index (κ1) is 14.2. The van der Waals surface area contributed by atoms with Crippen LogP contribution in [-0.4, -0.2) is 16.5 Å². The quantitative estimate of drug-likeness (QED) is 0.647. The highest BCUT2D eigenvalue weighted by Gasteiger charge is 2.09. The largest absolute Gasteiger partial charge is 0.439 e. The van der Waals surface area contributed by atoms with Crippen molar-refractivity contribution < 1.29 is 9.34 Å². The second-order valence-corrected chi connectivity index (χ2v) is 4.95. The van der Waals surface area contributed by atoms with Crippen LogP contribution in [0.25, 0.3) is 11.3 Å². The van der Waals surface area contributed by atoms with E-state index in [1.54, 1.807) is 18.3 Å². The van der Waals surface area contributed by atoms with Crippen LogP contribution < -0.4 is 5.32 Å². The van der Waals surface area contributed by atoms with Crippen LogP contribution in [0.3, 0.4) is 0 Å². The molecule has 0 amide bonds. The van der Waals surface area contributed by atoms with Gasteiger partial charge in [-0.15, -0.1) is 0 Å². The maximum absolute atomic E-state index is 10.6. The topological polar surface area (TPSA) is 81.2 Å². The molecule has 20 heavy (non-hydrogen) atoms. The average molecular weight is 275 g/mol. The Labute approximate surface area is 117 Å². The minimum Gasteiger partial charge on any atom is -0.439 e. The molecule has 1 heterocycles. The fourth-order valence-corrected chi connectivity index (χ4v) is 1.74. The molecule has 0 atom stereocenters. The molecule has 0 bridgehead atoms. The smallest absolute Gasteiger partial charge is 0.269 e. The molecule has 1 aromatic heterocycles. The number of hydrogen-bond acceptors (Lipinski definition) is 5. The van der Waals surface area contributed by atoms with Crippen molar-refractivity contribution in [1.82, 2.24) is 10.3 Å². The maximum Gasteiger partial charge on any atom is 0.269 e. The second-order valence-electron chi connectivity index (χ2n) is 4.95. The minimum atomic E-state index is -0.425. The Balaban J connectivity index is 2.02. The standard InChI is InChI=1S/C14H17N3O3/c1-10(2)7-15-9-14-16-8-13(20-14)11-3-5-12(6-4-11)17(18)19/h3-6,8,10,15H,7,9H2,1-2H3. The third kappa shape index (κ3) is 3.64. The molecule has 0 spiro atoms. The zero-order valence-electron chi connectivity index (χ0n) is 11.5. The van der Waals surface area contributed by atoms with E-state index in [0.29, 0.717) is 24.1 Å². The van der Waals surface area contributed by atoms with Crippen molar-refractivity contribution in [3.63, 3.8) is 0 Å². The fraction of sp³-hybridized carbons (Fsp3) is 0.357. The third-order valence-corrected chi connectivity index (χ3v) is 2.75. The average Bonchev–Trinajstić information content (AvgIpc) is 2.87. The van der Waals surface area contributed by atoms with Gasteiger partial charge in [0.25, 0.3) is 5.69 Å². The lowest BCUT2D eigenvalue weighted by Crippen LogP contribution is -2.18. The molecule has 0 radical (unpaired) electrons. The third-order valence-electron chi connectivity index (χ3n) is 2.75. The van der Waals surface area contributed by atoms with E-state index in [-0.39, 0.29) is 5.69 Å². The zero-order chi connectivity index (χ0) is 14.5. The fourth-order valence-electron chi connectivity index (χ4n) is 1.74. The normalized spacial score (nSPS) is 10.9. The molecular weight excluding hydrogens is 258 g/mol. The van der Waals surface area contributed by atoms with E-state index in [1.807, 2.05) is 0 Å². The molecule has 6 heteroatoms. The van der Waals surface area contributed by atoms with Gasteiger partial charge < -0.3 is 9.73 Å². The molecule has 1 N–H and O–H groups in total. The molecule has 0 aliphatic carbocycles. The lowest BCUT2D eigenvalue weighted by molar-refractivity contribution is -0.384. The van der Waals surface area contributed by atoms with E-state index in [1.165, 1.54) is 12.1 Å². The SMILES string of the molecule is CC(C)CNCc1ncc(-c2ccc([N+](=O)[O-])cc2)o1. The van der Waals surface area contributed by atoms with E-state index < -0.39 is 4.92 Å². The highest BCUT2D eigenvalue weighted by atomic mass is 16.6. The molecule has 0 aliphatic rings. The van der Waals surface area contributed by atoms with Gasteiger partial charge in [0, 0.05) is 17.7 Å².